The Morgan fingerprint density at radius 2 is 1.80 bits per heavy atom. The van der Waals surface area contributed by atoms with Gasteiger partial charge in [0.1, 0.15) is 0 Å². The van der Waals surface area contributed by atoms with E-state index in [0.29, 0.717) is 6.58 Å². The smallest absolute Gasteiger partial charge is 0.0182 e. The summed E-state index contributed by atoms with van der Waals surface area (Å²) in [7, 11) is 3.87. The van der Waals surface area contributed by atoms with Crippen LogP contribution in [0.25, 0.3) is 0 Å². The van der Waals surface area contributed by atoms with Crippen molar-refractivity contribution in [2.75, 3.05) is 0 Å². The molecule has 0 aliphatic heterocycles. The Morgan fingerprint density at radius 3 is 2.40 bits per heavy atom. The maximum Gasteiger partial charge on any atom is -0.0182 e. The molecule has 0 nitrogen and oxygen atoms in total. The summed E-state index contributed by atoms with van der Waals surface area (Å²) in [6.45, 7) is 0.557. The van der Waals surface area contributed by atoms with Crippen molar-refractivity contribution in [1.29, 1.82) is 0 Å². The Morgan fingerprint density at radius 1 is 1.10 bits per heavy atom. The van der Waals surface area contributed by atoms with Gasteiger partial charge in [0.05, 0.1) is 0 Å². The molecular weight excluding hydrogens is 196 g/mol. The highest BCUT2D eigenvalue weighted by Crippen LogP contribution is 2.76. The first-order valence-electron chi connectivity index (χ1n) is 3.08. The highest BCUT2D eigenvalue weighted by atomic mass is 32.8. The molecule has 0 saturated heterocycles. The summed E-state index contributed by atoms with van der Waals surface area (Å²) in [6.07, 6.45) is 0. The lowest BCUT2D eigenvalue weighted by molar-refractivity contribution is 1.78. The van der Waals surface area contributed by atoms with E-state index in [1.54, 1.807) is 5.30 Å². The van der Waals surface area contributed by atoms with Crippen molar-refractivity contribution < 1.29 is 0 Å². The lowest BCUT2D eigenvalue weighted by Crippen LogP contribution is -1.86. The topological polar surface area (TPSA) is 0 Å². The number of hydrogen-bond donors (Lipinski definition) is 0. The summed E-state index contributed by atoms with van der Waals surface area (Å²) in [4.78, 5) is 0. The maximum atomic E-state index is 2.26. The van der Waals surface area contributed by atoms with Crippen molar-refractivity contribution in [2.45, 2.75) is 0 Å². The Balaban J connectivity index is 2.13. The summed E-state index contributed by atoms with van der Waals surface area (Å²) >= 11 is 0. The minimum Gasteiger partial charge on any atom is -0.0893 e. The molecule has 1 aromatic heterocycles. The van der Waals surface area contributed by atoms with Crippen LogP contribution in [0.15, 0.2) is 30.3 Å². The summed E-state index contributed by atoms with van der Waals surface area (Å²) in [6, 6.07) is 10.9. The second kappa shape index (κ2) is 3.30. The third-order valence-electron chi connectivity index (χ3n) is 1.24. The molecule has 1 aromatic carbocycles. The van der Waals surface area contributed by atoms with Crippen LogP contribution >= 0.6 is 29.9 Å². The van der Waals surface area contributed by atoms with Crippen molar-refractivity contribution >= 4 is 35.2 Å². The first-order valence-corrected chi connectivity index (χ1v) is 10.9. The second-order valence-corrected chi connectivity index (χ2v) is 18.0. The van der Waals surface area contributed by atoms with E-state index < -0.39 is 0 Å². The van der Waals surface area contributed by atoms with E-state index in [4.69, 9.17) is 0 Å². The monoisotopic (exact) mass is 204 g/mol. The highest BCUT2D eigenvalue weighted by Gasteiger charge is 1.96. The predicted octanol–water partition coefficient (Wildman–Crippen LogP) is 3.50. The van der Waals surface area contributed by atoms with Gasteiger partial charge in [0.25, 0.3) is 0 Å². The Kier molecular flexibility index (Phi) is 2.38. The zero-order chi connectivity index (χ0) is 6.81. The average Bonchev–Trinajstić information content (AvgIpc) is 2.74. The molecule has 4 heteroatoms. The van der Waals surface area contributed by atoms with Crippen LogP contribution in [0.3, 0.4) is 0 Å². The Labute approximate surface area is 66.0 Å². The lowest BCUT2D eigenvalue weighted by Gasteiger charge is -1.92. The van der Waals surface area contributed by atoms with Crippen molar-refractivity contribution in [2.24, 2.45) is 0 Å². The van der Waals surface area contributed by atoms with Gasteiger partial charge < -0.3 is 0 Å². The number of hydrogen-bond acceptors (Lipinski definition) is 0. The summed E-state index contributed by atoms with van der Waals surface area (Å²) in [5.41, 5.74) is 0. The van der Waals surface area contributed by atoms with Crippen LogP contribution in [0.2, 0.25) is 0 Å². The molecule has 52 valence electrons. The average molecular weight is 204 g/mol. The van der Waals surface area contributed by atoms with Crippen LogP contribution in [0.1, 0.15) is 0 Å². The van der Waals surface area contributed by atoms with Gasteiger partial charge in [-0.05, 0) is 13.6 Å². The van der Waals surface area contributed by atoms with E-state index in [-0.39, 0.29) is 0 Å². The largest absolute Gasteiger partial charge is 0.0893 e. The third kappa shape index (κ3) is 2.02. The van der Waals surface area contributed by atoms with Gasteiger partial charge in [0, 0.05) is 0 Å². The zero-order valence-corrected chi connectivity index (χ0v) is 9.23. The standard InChI is InChI=1S/C6H8P4/c1-2-4-6(5-3-1)7-10-8-9-10/h1-5,7-9H. The molecule has 3 atom stereocenters. The summed E-state index contributed by atoms with van der Waals surface area (Å²) in [5, 5.41) is 1.58. The molecule has 0 saturated carbocycles. The van der Waals surface area contributed by atoms with Crippen molar-refractivity contribution in [3.63, 3.8) is 0 Å². The molecular formula is C6H8P4. The van der Waals surface area contributed by atoms with E-state index in [2.05, 4.69) is 30.3 Å². The van der Waals surface area contributed by atoms with E-state index in [1.165, 1.54) is 15.1 Å². The Bertz CT molecular complexity index is 267. The van der Waals surface area contributed by atoms with Crippen molar-refractivity contribution in [3.8, 4) is 0 Å². The van der Waals surface area contributed by atoms with Gasteiger partial charge in [-0.25, -0.2) is 0 Å². The van der Waals surface area contributed by atoms with E-state index in [9.17, 15) is 0 Å². The SMILES string of the molecule is c1ccc(Pp2[pH][pH]2)cc1. The maximum absolute atomic E-state index is 2.26. The van der Waals surface area contributed by atoms with Crippen LogP contribution in [0.4, 0.5) is 0 Å². The van der Waals surface area contributed by atoms with Gasteiger partial charge in [-0.3, -0.25) is 0 Å². The molecule has 1 heterocycles. The molecule has 0 amide bonds. The summed E-state index contributed by atoms with van der Waals surface area (Å²) in [5.74, 6) is 0. The molecule has 10 heavy (non-hydrogen) atoms. The zero-order valence-electron chi connectivity index (χ0n) is 5.33. The fourth-order valence-corrected chi connectivity index (χ4v) is 15.4. The van der Waals surface area contributed by atoms with E-state index in [0.717, 1.165) is 8.27 Å². The third-order valence-corrected chi connectivity index (χ3v) is 17.4. The van der Waals surface area contributed by atoms with E-state index in [1.807, 2.05) is 0 Å². The molecule has 3 unspecified atom stereocenters. The number of rotatable bonds is 2. The first kappa shape index (κ1) is 7.21. The molecule has 0 fully saturated rings. The highest BCUT2D eigenvalue weighted by molar-refractivity contribution is 8.79. The molecule has 0 aliphatic rings. The van der Waals surface area contributed by atoms with Crippen LogP contribution in [0, 0.1) is 0 Å². The first-order chi connectivity index (χ1) is 4.95. The van der Waals surface area contributed by atoms with Crippen LogP contribution in [-0.2, 0) is 0 Å². The molecule has 0 radical (unpaired) electrons. The normalized spacial score (nSPS) is 15.0. The van der Waals surface area contributed by atoms with Gasteiger partial charge in [0.2, 0.25) is 0 Å². The second-order valence-electron chi connectivity index (χ2n) is 2.04. The van der Waals surface area contributed by atoms with Gasteiger partial charge in [-0.2, -0.15) is 0 Å². The van der Waals surface area contributed by atoms with Crippen LogP contribution < -0.4 is 5.30 Å². The van der Waals surface area contributed by atoms with Gasteiger partial charge in [-0.15, -0.1) is 0 Å². The molecule has 2 aromatic rings. The minimum absolute atomic E-state index is 0.557. The number of benzene rings is 1. The van der Waals surface area contributed by atoms with Crippen LogP contribution in [-0.4, -0.2) is 0 Å². The fraction of sp³-hybridized carbons (Fsp3) is 0. The predicted molar refractivity (Wildman–Crippen MR) is 57.9 cm³/mol. The van der Waals surface area contributed by atoms with Gasteiger partial charge >= 0.3 is 0 Å². The van der Waals surface area contributed by atoms with E-state index >= 15 is 0 Å². The van der Waals surface area contributed by atoms with Gasteiger partial charge in [-0.1, -0.05) is 52.0 Å². The molecule has 0 N–H and O–H groups in total. The van der Waals surface area contributed by atoms with Crippen molar-refractivity contribution in [3.05, 3.63) is 30.3 Å². The lowest BCUT2D eigenvalue weighted by atomic mass is 10.4. The molecule has 0 aliphatic carbocycles. The minimum atomic E-state index is 0.557. The summed E-state index contributed by atoms with van der Waals surface area (Å²) < 4.78 is 0. The van der Waals surface area contributed by atoms with Crippen molar-refractivity contribution in [1.82, 2.24) is 0 Å². The van der Waals surface area contributed by atoms with Gasteiger partial charge in [0.15, 0.2) is 0 Å². The Hall–Kier alpha value is 0.550. The molecule has 0 spiro atoms. The molecule has 2 rings (SSSR count). The quantitative estimate of drug-likeness (QED) is 0.656. The van der Waals surface area contributed by atoms with Crippen LogP contribution in [0.5, 0.6) is 0 Å². The fourth-order valence-electron chi connectivity index (χ4n) is 0.723. The molecule has 0 bridgehead atoms.